The Bertz CT molecular complexity index is 281. The lowest BCUT2D eigenvalue weighted by molar-refractivity contribution is -0.140. The molecule has 0 rings (SSSR count). The molecule has 0 aliphatic heterocycles. The molecule has 0 saturated carbocycles. The van der Waals surface area contributed by atoms with Crippen LogP contribution in [-0.4, -0.2) is 41.6 Å². The first kappa shape index (κ1) is 13.3. The molecule has 0 heterocycles. The maximum absolute atomic E-state index is 11.4. The Labute approximate surface area is 89.4 Å². The van der Waals surface area contributed by atoms with Crippen LogP contribution >= 0.6 is 0 Å². The molecule has 5 nitrogen and oxygen atoms in total. The normalized spacial score (nSPS) is 11.7. The van der Waals surface area contributed by atoms with E-state index < -0.39 is 18.0 Å². The van der Waals surface area contributed by atoms with Gasteiger partial charge in [-0.25, -0.2) is 9.59 Å². The maximum Gasteiger partial charge on any atom is 0.326 e. The van der Waals surface area contributed by atoms with Gasteiger partial charge in [-0.3, -0.25) is 0 Å². The van der Waals surface area contributed by atoms with Gasteiger partial charge < -0.3 is 15.3 Å². The summed E-state index contributed by atoms with van der Waals surface area (Å²) in [6.07, 6.45) is 5.03. The van der Waals surface area contributed by atoms with Crippen LogP contribution in [0, 0.1) is 18.3 Å². The third-order valence-electron chi connectivity index (χ3n) is 1.89. The molecule has 2 N–H and O–H groups in total. The van der Waals surface area contributed by atoms with Crippen molar-refractivity contribution in [3.05, 3.63) is 0 Å². The Morgan fingerprint density at radius 3 is 2.40 bits per heavy atom. The lowest BCUT2D eigenvalue weighted by Gasteiger charge is -2.21. The molecule has 0 radical (unpaired) electrons. The number of carbonyl (C=O) groups excluding carboxylic acids is 1. The number of urea groups is 1. The Balaban J connectivity index is 4.37. The largest absolute Gasteiger partial charge is 0.480 e. The van der Waals surface area contributed by atoms with Gasteiger partial charge in [0.05, 0.1) is 6.54 Å². The average Bonchev–Trinajstić information content (AvgIpc) is 2.12. The summed E-state index contributed by atoms with van der Waals surface area (Å²) in [5, 5.41) is 11.2. The van der Waals surface area contributed by atoms with Crippen molar-refractivity contribution in [3.63, 3.8) is 0 Å². The highest BCUT2D eigenvalue weighted by atomic mass is 16.4. The first-order valence-electron chi connectivity index (χ1n) is 4.58. The smallest absolute Gasteiger partial charge is 0.326 e. The molecule has 1 atom stereocenters. The zero-order valence-electron chi connectivity index (χ0n) is 9.15. The lowest BCUT2D eigenvalue weighted by Crippen LogP contribution is -2.49. The number of hydrogen-bond acceptors (Lipinski definition) is 2. The van der Waals surface area contributed by atoms with Crippen LogP contribution in [0.25, 0.3) is 0 Å². The van der Waals surface area contributed by atoms with E-state index in [9.17, 15) is 9.59 Å². The number of nitrogens with zero attached hydrogens (tertiary/aromatic N) is 1. The number of aliphatic carboxylic acids is 1. The minimum absolute atomic E-state index is 0.149. The summed E-state index contributed by atoms with van der Waals surface area (Å²) in [6.45, 7) is 3.59. The van der Waals surface area contributed by atoms with Crippen LogP contribution in [0.15, 0.2) is 0 Å². The highest BCUT2D eigenvalue weighted by molar-refractivity contribution is 5.82. The summed E-state index contributed by atoms with van der Waals surface area (Å²) in [5.41, 5.74) is 0. The van der Waals surface area contributed by atoms with Crippen molar-refractivity contribution >= 4 is 12.0 Å². The number of carboxylic acid groups (broad SMARTS) is 1. The van der Waals surface area contributed by atoms with E-state index in [1.54, 1.807) is 13.8 Å². The number of terminal acetylenes is 1. The molecule has 1 unspecified atom stereocenters. The van der Waals surface area contributed by atoms with Gasteiger partial charge in [0.2, 0.25) is 0 Å². The van der Waals surface area contributed by atoms with Crippen molar-refractivity contribution < 1.29 is 14.7 Å². The van der Waals surface area contributed by atoms with E-state index in [2.05, 4.69) is 11.2 Å². The highest BCUT2D eigenvalue weighted by Gasteiger charge is 2.24. The van der Waals surface area contributed by atoms with Gasteiger partial charge in [0, 0.05) is 7.05 Å². The highest BCUT2D eigenvalue weighted by Crippen LogP contribution is 2.02. The molecule has 0 aromatic heterocycles. The van der Waals surface area contributed by atoms with Gasteiger partial charge in [-0.2, -0.15) is 0 Å². The fraction of sp³-hybridized carbons (Fsp3) is 0.600. The van der Waals surface area contributed by atoms with Crippen molar-refractivity contribution in [1.82, 2.24) is 10.2 Å². The Hall–Kier alpha value is -1.70. The van der Waals surface area contributed by atoms with Gasteiger partial charge in [0.1, 0.15) is 6.04 Å². The molecule has 0 saturated heterocycles. The van der Waals surface area contributed by atoms with E-state index in [-0.39, 0.29) is 12.5 Å². The van der Waals surface area contributed by atoms with Crippen molar-refractivity contribution in [1.29, 1.82) is 0 Å². The van der Waals surface area contributed by atoms with Crippen LogP contribution in [0.5, 0.6) is 0 Å². The first-order valence-corrected chi connectivity index (χ1v) is 4.58. The molecule has 0 aromatic rings. The van der Waals surface area contributed by atoms with Gasteiger partial charge in [-0.15, -0.1) is 6.42 Å². The topological polar surface area (TPSA) is 69.6 Å². The lowest BCUT2D eigenvalue weighted by atomic mass is 10.1. The standard InChI is InChI=1S/C10H16N2O3/c1-5-6-12(4)10(15)11-8(7(2)3)9(13)14/h1,7-8H,6H2,2-4H3,(H,11,15)(H,13,14). The fourth-order valence-corrected chi connectivity index (χ4v) is 0.966. The molecule has 0 aromatic carbocycles. The zero-order chi connectivity index (χ0) is 12.0. The SMILES string of the molecule is C#CCN(C)C(=O)NC(C(=O)O)C(C)C. The Morgan fingerprint density at radius 1 is 1.53 bits per heavy atom. The molecule has 84 valence electrons. The van der Waals surface area contributed by atoms with Crippen LogP contribution in [-0.2, 0) is 4.79 Å². The summed E-state index contributed by atoms with van der Waals surface area (Å²) in [7, 11) is 1.51. The number of carbonyl (C=O) groups is 2. The Morgan fingerprint density at radius 2 is 2.07 bits per heavy atom. The van der Waals surface area contributed by atoms with E-state index in [0.29, 0.717) is 0 Å². The average molecular weight is 212 g/mol. The molecular weight excluding hydrogens is 196 g/mol. The maximum atomic E-state index is 11.4. The van der Waals surface area contributed by atoms with Crippen LogP contribution in [0.2, 0.25) is 0 Å². The third-order valence-corrected chi connectivity index (χ3v) is 1.89. The van der Waals surface area contributed by atoms with Gasteiger partial charge in [-0.05, 0) is 5.92 Å². The second-order valence-electron chi connectivity index (χ2n) is 3.57. The van der Waals surface area contributed by atoms with Gasteiger partial charge in [-0.1, -0.05) is 19.8 Å². The van der Waals surface area contributed by atoms with E-state index in [1.807, 2.05) is 0 Å². The summed E-state index contributed by atoms with van der Waals surface area (Å²) in [5.74, 6) is 1.07. The van der Waals surface area contributed by atoms with Crippen LogP contribution in [0.3, 0.4) is 0 Å². The zero-order valence-corrected chi connectivity index (χ0v) is 9.15. The molecule has 5 heteroatoms. The molecular formula is C10H16N2O3. The minimum Gasteiger partial charge on any atom is -0.480 e. The van der Waals surface area contributed by atoms with E-state index in [4.69, 9.17) is 11.5 Å². The molecule has 15 heavy (non-hydrogen) atoms. The molecule has 0 aliphatic rings. The molecule has 0 fully saturated rings. The summed E-state index contributed by atoms with van der Waals surface area (Å²) < 4.78 is 0. The fourth-order valence-electron chi connectivity index (χ4n) is 0.966. The molecule has 0 aliphatic carbocycles. The van der Waals surface area contributed by atoms with Crippen molar-refractivity contribution in [2.45, 2.75) is 19.9 Å². The van der Waals surface area contributed by atoms with Crippen molar-refractivity contribution in [3.8, 4) is 12.3 Å². The van der Waals surface area contributed by atoms with Crippen molar-refractivity contribution in [2.24, 2.45) is 5.92 Å². The second kappa shape index (κ2) is 5.91. The molecule has 0 bridgehead atoms. The van der Waals surface area contributed by atoms with Gasteiger partial charge in [0.25, 0.3) is 0 Å². The summed E-state index contributed by atoms with van der Waals surface area (Å²) in [4.78, 5) is 23.4. The summed E-state index contributed by atoms with van der Waals surface area (Å²) in [6, 6.07) is -1.37. The number of hydrogen-bond donors (Lipinski definition) is 2. The quantitative estimate of drug-likeness (QED) is 0.661. The predicted molar refractivity (Wildman–Crippen MR) is 56.3 cm³/mol. The van der Waals surface area contributed by atoms with E-state index in [0.717, 1.165) is 0 Å². The number of carboxylic acids is 1. The predicted octanol–water partition coefficient (Wildman–Crippen LogP) is 0.370. The van der Waals surface area contributed by atoms with Gasteiger partial charge >= 0.3 is 12.0 Å². The van der Waals surface area contributed by atoms with Gasteiger partial charge in [0.15, 0.2) is 0 Å². The first-order chi connectivity index (χ1) is 6.90. The van der Waals surface area contributed by atoms with Crippen molar-refractivity contribution in [2.75, 3.05) is 13.6 Å². The Kier molecular flexibility index (Phi) is 5.24. The van der Waals surface area contributed by atoms with E-state index >= 15 is 0 Å². The van der Waals surface area contributed by atoms with Crippen LogP contribution < -0.4 is 5.32 Å². The van der Waals surface area contributed by atoms with Crippen LogP contribution in [0.4, 0.5) is 4.79 Å². The molecule has 2 amide bonds. The second-order valence-corrected chi connectivity index (χ2v) is 3.57. The number of nitrogens with one attached hydrogen (secondary N) is 1. The number of amides is 2. The monoisotopic (exact) mass is 212 g/mol. The summed E-state index contributed by atoms with van der Waals surface area (Å²) >= 11 is 0. The minimum atomic E-state index is -1.05. The van der Waals surface area contributed by atoms with E-state index in [1.165, 1.54) is 11.9 Å². The number of rotatable bonds is 4. The van der Waals surface area contributed by atoms with Crippen LogP contribution in [0.1, 0.15) is 13.8 Å². The molecule has 0 spiro atoms. The third kappa shape index (κ3) is 4.36.